The van der Waals surface area contributed by atoms with Crippen molar-refractivity contribution in [3.63, 3.8) is 0 Å². The second-order valence-electron chi connectivity index (χ2n) is 1.76. The highest BCUT2D eigenvalue weighted by Gasteiger charge is 1.94. The molecule has 0 saturated carbocycles. The van der Waals surface area contributed by atoms with E-state index in [9.17, 15) is 4.79 Å². The molecule has 0 aromatic carbocycles. The molecule has 0 heterocycles. The summed E-state index contributed by atoms with van der Waals surface area (Å²) < 4.78 is 8.97. The molecule has 0 bridgehead atoms. The van der Waals surface area contributed by atoms with Gasteiger partial charge in [0.25, 0.3) is 0 Å². The Morgan fingerprint density at radius 3 is 2.70 bits per heavy atom. The van der Waals surface area contributed by atoms with Gasteiger partial charge in [0.2, 0.25) is 0 Å². The first kappa shape index (κ1) is 8.97. The molecule has 0 aliphatic heterocycles. The standard InChI is InChI=1S/C6H11NO3/c1-5(7)3-6(8)10-4-9-2/h3H,4,7H2,1-2H3. The summed E-state index contributed by atoms with van der Waals surface area (Å²) in [5.74, 6) is -0.484. The number of hydrogen-bond donors (Lipinski definition) is 1. The highest BCUT2D eigenvalue weighted by Crippen LogP contribution is 1.84. The van der Waals surface area contributed by atoms with E-state index in [1.165, 1.54) is 13.2 Å². The van der Waals surface area contributed by atoms with Gasteiger partial charge in [0.15, 0.2) is 6.79 Å². The summed E-state index contributed by atoms with van der Waals surface area (Å²) in [6.45, 7) is 1.57. The molecule has 0 amide bonds. The van der Waals surface area contributed by atoms with Crippen molar-refractivity contribution in [1.82, 2.24) is 0 Å². The van der Waals surface area contributed by atoms with E-state index >= 15 is 0 Å². The average molecular weight is 145 g/mol. The summed E-state index contributed by atoms with van der Waals surface area (Å²) in [5.41, 5.74) is 5.60. The third-order valence-corrected chi connectivity index (χ3v) is 0.665. The molecule has 0 aromatic rings. The van der Waals surface area contributed by atoms with E-state index in [1.807, 2.05) is 0 Å². The summed E-state index contributed by atoms with van der Waals surface area (Å²) in [5, 5.41) is 0. The number of hydrogen-bond acceptors (Lipinski definition) is 4. The molecule has 0 rings (SSSR count). The lowest BCUT2D eigenvalue weighted by Crippen LogP contribution is -2.06. The number of allylic oxidation sites excluding steroid dienone is 1. The predicted octanol–water partition coefficient (Wildman–Crippen LogP) is -0.00400. The number of rotatable bonds is 3. The van der Waals surface area contributed by atoms with Gasteiger partial charge in [-0.15, -0.1) is 0 Å². The number of carbonyl (C=O) groups excluding carboxylic acids is 1. The zero-order valence-corrected chi connectivity index (χ0v) is 6.09. The largest absolute Gasteiger partial charge is 0.435 e. The fourth-order valence-electron chi connectivity index (χ4n) is 0.345. The van der Waals surface area contributed by atoms with Crippen molar-refractivity contribution in [3.8, 4) is 0 Å². The Labute approximate surface area is 59.6 Å². The van der Waals surface area contributed by atoms with Crippen LogP contribution in [-0.2, 0) is 14.3 Å². The van der Waals surface area contributed by atoms with E-state index in [1.54, 1.807) is 6.92 Å². The van der Waals surface area contributed by atoms with Crippen LogP contribution in [-0.4, -0.2) is 19.9 Å². The van der Waals surface area contributed by atoms with Crippen LogP contribution in [0.5, 0.6) is 0 Å². The zero-order valence-electron chi connectivity index (χ0n) is 6.09. The number of esters is 1. The SMILES string of the molecule is COCOC(=O)C=C(C)N. The Morgan fingerprint density at radius 2 is 2.30 bits per heavy atom. The van der Waals surface area contributed by atoms with E-state index in [-0.39, 0.29) is 6.79 Å². The van der Waals surface area contributed by atoms with Gasteiger partial charge in [-0.05, 0) is 6.92 Å². The van der Waals surface area contributed by atoms with Gasteiger partial charge in [0.1, 0.15) is 0 Å². The fraction of sp³-hybridized carbons (Fsp3) is 0.500. The minimum atomic E-state index is -0.484. The first-order valence-electron chi connectivity index (χ1n) is 2.76. The fourth-order valence-corrected chi connectivity index (χ4v) is 0.345. The number of nitrogens with two attached hydrogens (primary N) is 1. The quantitative estimate of drug-likeness (QED) is 0.345. The second-order valence-corrected chi connectivity index (χ2v) is 1.76. The molecular weight excluding hydrogens is 134 g/mol. The topological polar surface area (TPSA) is 61.5 Å². The van der Waals surface area contributed by atoms with Crippen molar-refractivity contribution < 1.29 is 14.3 Å². The molecule has 0 saturated heterocycles. The lowest BCUT2D eigenvalue weighted by atomic mass is 10.4. The Morgan fingerprint density at radius 1 is 1.70 bits per heavy atom. The highest BCUT2D eigenvalue weighted by molar-refractivity contribution is 5.82. The van der Waals surface area contributed by atoms with Gasteiger partial charge in [0, 0.05) is 18.9 Å². The zero-order chi connectivity index (χ0) is 7.98. The lowest BCUT2D eigenvalue weighted by molar-refractivity contribution is -0.147. The molecule has 0 aromatic heterocycles. The Kier molecular flexibility index (Phi) is 4.32. The lowest BCUT2D eigenvalue weighted by Gasteiger charge is -1.97. The Balaban J connectivity index is 3.54. The van der Waals surface area contributed by atoms with Crippen LogP contribution in [0, 0.1) is 0 Å². The van der Waals surface area contributed by atoms with Crippen LogP contribution in [0.15, 0.2) is 11.8 Å². The van der Waals surface area contributed by atoms with Crippen LogP contribution >= 0.6 is 0 Å². The molecule has 0 aliphatic carbocycles. The minimum absolute atomic E-state index is 0.0391. The van der Waals surface area contributed by atoms with E-state index in [0.717, 1.165) is 0 Å². The van der Waals surface area contributed by atoms with Crippen molar-refractivity contribution in [3.05, 3.63) is 11.8 Å². The average Bonchev–Trinajstić information content (AvgIpc) is 1.82. The monoisotopic (exact) mass is 145 g/mol. The Hall–Kier alpha value is -1.03. The van der Waals surface area contributed by atoms with Gasteiger partial charge >= 0.3 is 5.97 Å². The molecule has 0 radical (unpaired) electrons. The third kappa shape index (κ3) is 5.11. The van der Waals surface area contributed by atoms with Gasteiger partial charge < -0.3 is 15.2 Å². The number of carbonyl (C=O) groups is 1. The molecular formula is C6H11NO3. The van der Waals surface area contributed by atoms with Crippen LogP contribution in [0.25, 0.3) is 0 Å². The molecule has 58 valence electrons. The molecule has 4 nitrogen and oxygen atoms in total. The normalized spacial score (nSPS) is 11.2. The first-order valence-corrected chi connectivity index (χ1v) is 2.76. The van der Waals surface area contributed by atoms with Crippen molar-refractivity contribution in [2.45, 2.75) is 6.92 Å². The van der Waals surface area contributed by atoms with Crippen LogP contribution < -0.4 is 5.73 Å². The Bertz CT molecular complexity index is 138. The van der Waals surface area contributed by atoms with E-state index in [0.29, 0.717) is 5.70 Å². The summed E-state index contributed by atoms with van der Waals surface area (Å²) in [6, 6.07) is 0. The van der Waals surface area contributed by atoms with Crippen molar-refractivity contribution in [2.75, 3.05) is 13.9 Å². The molecule has 0 aliphatic rings. The maximum Gasteiger partial charge on any atom is 0.334 e. The van der Waals surface area contributed by atoms with Gasteiger partial charge in [-0.25, -0.2) is 4.79 Å². The van der Waals surface area contributed by atoms with Gasteiger partial charge in [-0.2, -0.15) is 0 Å². The summed E-state index contributed by atoms with van der Waals surface area (Å²) in [7, 11) is 1.44. The van der Waals surface area contributed by atoms with Gasteiger partial charge in [-0.1, -0.05) is 0 Å². The van der Waals surface area contributed by atoms with E-state index < -0.39 is 5.97 Å². The first-order chi connectivity index (χ1) is 4.66. The highest BCUT2D eigenvalue weighted by atomic mass is 16.7. The van der Waals surface area contributed by atoms with Crippen LogP contribution in [0.2, 0.25) is 0 Å². The molecule has 4 heteroatoms. The van der Waals surface area contributed by atoms with Crippen LogP contribution in [0.3, 0.4) is 0 Å². The number of ether oxygens (including phenoxy) is 2. The minimum Gasteiger partial charge on any atom is -0.435 e. The van der Waals surface area contributed by atoms with E-state index in [2.05, 4.69) is 9.47 Å². The molecule has 10 heavy (non-hydrogen) atoms. The second kappa shape index (κ2) is 4.81. The van der Waals surface area contributed by atoms with Crippen LogP contribution in [0.4, 0.5) is 0 Å². The summed E-state index contributed by atoms with van der Waals surface area (Å²) in [6.07, 6.45) is 1.19. The van der Waals surface area contributed by atoms with Gasteiger partial charge in [-0.3, -0.25) is 0 Å². The smallest absolute Gasteiger partial charge is 0.334 e. The van der Waals surface area contributed by atoms with Crippen molar-refractivity contribution in [2.24, 2.45) is 5.73 Å². The number of methoxy groups -OCH3 is 1. The maximum atomic E-state index is 10.6. The molecule has 0 spiro atoms. The van der Waals surface area contributed by atoms with Crippen molar-refractivity contribution >= 4 is 5.97 Å². The van der Waals surface area contributed by atoms with E-state index in [4.69, 9.17) is 5.73 Å². The maximum absolute atomic E-state index is 10.6. The molecule has 0 atom stereocenters. The summed E-state index contributed by atoms with van der Waals surface area (Å²) in [4.78, 5) is 10.6. The predicted molar refractivity (Wildman–Crippen MR) is 35.9 cm³/mol. The molecule has 0 fully saturated rings. The molecule has 0 unspecified atom stereocenters. The van der Waals surface area contributed by atoms with Crippen LogP contribution in [0.1, 0.15) is 6.92 Å². The molecule has 2 N–H and O–H groups in total. The third-order valence-electron chi connectivity index (χ3n) is 0.665. The van der Waals surface area contributed by atoms with Gasteiger partial charge in [0.05, 0.1) is 0 Å². The van der Waals surface area contributed by atoms with Crippen molar-refractivity contribution in [1.29, 1.82) is 0 Å². The summed E-state index contributed by atoms with van der Waals surface area (Å²) >= 11 is 0.